The molecule has 0 bridgehead atoms. The van der Waals surface area contributed by atoms with Gasteiger partial charge in [0.15, 0.2) is 0 Å². The van der Waals surface area contributed by atoms with Crippen molar-refractivity contribution in [1.29, 1.82) is 0 Å². The minimum Gasteiger partial charge on any atom is -0.395 e. The Morgan fingerprint density at radius 3 is 2.93 bits per heavy atom. The third kappa shape index (κ3) is 1.53. The Labute approximate surface area is 87.0 Å². The summed E-state index contributed by atoms with van der Waals surface area (Å²) in [5.41, 5.74) is 10.4. The van der Waals surface area contributed by atoms with Crippen molar-refractivity contribution >= 4 is 32.9 Å². The van der Waals surface area contributed by atoms with Crippen LogP contribution in [0.1, 0.15) is 13.8 Å². The second kappa shape index (κ2) is 3.46. The molecule has 0 aliphatic heterocycles. The van der Waals surface area contributed by atoms with Gasteiger partial charge in [-0.2, -0.15) is 0 Å². The summed E-state index contributed by atoms with van der Waals surface area (Å²) < 4.78 is 1.14. The molecule has 0 fully saturated rings. The number of nitrogens with one attached hydrogen (secondary N) is 1. The fraction of sp³-hybridized carbons (Fsp3) is 0.300. The van der Waals surface area contributed by atoms with E-state index in [1.54, 1.807) is 11.3 Å². The van der Waals surface area contributed by atoms with E-state index >= 15 is 0 Å². The Kier molecular flexibility index (Phi) is 2.29. The quantitative estimate of drug-likeness (QED) is 0.744. The van der Waals surface area contributed by atoms with Crippen LogP contribution in [-0.2, 0) is 0 Å². The zero-order valence-electron chi connectivity index (χ0n) is 8.24. The van der Waals surface area contributed by atoms with E-state index in [1.165, 1.54) is 0 Å². The van der Waals surface area contributed by atoms with Gasteiger partial charge in [0.25, 0.3) is 0 Å². The first-order valence-corrected chi connectivity index (χ1v) is 5.44. The van der Waals surface area contributed by atoms with Gasteiger partial charge >= 0.3 is 0 Å². The van der Waals surface area contributed by atoms with Gasteiger partial charge in [-0.1, -0.05) is 0 Å². The van der Waals surface area contributed by atoms with E-state index in [4.69, 9.17) is 5.73 Å². The van der Waals surface area contributed by atoms with Crippen LogP contribution in [0.3, 0.4) is 0 Å². The molecule has 2 rings (SSSR count). The van der Waals surface area contributed by atoms with E-state index < -0.39 is 0 Å². The molecule has 0 saturated carbocycles. The Balaban J connectivity index is 2.51. The molecular formula is C10H13N3S. The Hall–Kier alpha value is -1.29. The lowest BCUT2D eigenvalue weighted by molar-refractivity contribution is 0.901. The monoisotopic (exact) mass is 207 g/mol. The molecule has 74 valence electrons. The van der Waals surface area contributed by atoms with Crippen LogP contribution < -0.4 is 11.1 Å². The Morgan fingerprint density at radius 2 is 2.21 bits per heavy atom. The van der Waals surface area contributed by atoms with Crippen molar-refractivity contribution in [2.24, 2.45) is 0 Å². The first kappa shape index (κ1) is 9.27. The lowest BCUT2D eigenvalue weighted by Crippen LogP contribution is -2.11. The number of aromatic nitrogens is 1. The van der Waals surface area contributed by atoms with Gasteiger partial charge in [0.05, 0.1) is 21.6 Å². The number of benzene rings is 1. The standard InChI is InChI=1S/C10H13N3S/c1-6(2)13-7-3-4-8-10(9(7)11)12-5-14-8/h3-6,13H,11H2,1-2H3. The van der Waals surface area contributed by atoms with Crippen LogP contribution >= 0.6 is 11.3 Å². The van der Waals surface area contributed by atoms with Gasteiger partial charge in [-0.25, -0.2) is 4.98 Å². The van der Waals surface area contributed by atoms with Crippen molar-refractivity contribution in [3.05, 3.63) is 17.6 Å². The molecule has 0 aliphatic carbocycles. The second-order valence-corrected chi connectivity index (χ2v) is 4.41. The number of nitrogen functional groups attached to an aromatic ring is 1. The Bertz CT molecular complexity index is 448. The molecule has 4 heteroatoms. The largest absolute Gasteiger partial charge is 0.395 e. The van der Waals surface area contributed by atoms with Crippen molar-refractivity contribution in [2.45, 2.75) is 19.9 Å². The molecule has 1 aromatic carbocycles. The number of hydrogen-bond donors (Lipinski definition) is 2. The van der Waals surface area contributed by atoms with Crippen molar-refractivity contribution in [2.75, 3.05) is 11.1 Å². The molecule has 0 atom stereocenters. The first-order chi connectivity index (χ1) is 6.68. The highest BCUT2D eigenvalue weighted by molar-refractivity contribution is 7.16. The number of fused-ring (bicyclic) bond motifs is 1. The zero-order valence-corrected chi connectivity index (χ0v) is 9.06. The van der Waals surface area contributed by atoms with E-state index in [9.17, 15) is 0 Å². The number of hydrogen-bond acceptors (Lipinski definition) is 4. The van der Waals surface area contributed by atoms with Gasteiger partial charge in [0.1, 0.15) is 5.52 Å². The molecule has 2 aromatic rings. The third-order valence-electron chi connectivity index (χ3n) is 1.99. The van der Waals surface area contributed by atoms with E-state index in [1.807, 2.05) is 17.6 Å². The van der Waals surface area contributed by atoms with Crippen molar-refractivity contribution < 1.29 is 0 Å². The van der Waals surface area contributed by atoms with Gasteiger partial charge in [0.2, 0.25) is 0 Å². The third-order valence-corrected chi connectivity index (χ3v) is 2.78. The van der Waals surface area contributed by atoms with Crippen molar-refractivity contribution in [3.63, 3.8) is 0 Å². The number of anilines is 2. The average Bonchev–Trinajstić information content (AvgIpc) is 2.57. The summed E-state index contributed by atoms with van der Waals surface area (Å²) in [6.45, 7) is 4.18. The van der Waals surface area contributed by atoms with Crippen LogP contribution in [-0.4, -0.2) is 11.0 Å². The van der Waals surface area contributed by atoms with Gasteiger partial charge in [-0.3, -0.25) is 0 Å². The highest BCUT2D eigenvalue weighted by Gasteiger charge is 2.06. The lowest BCUT2D eigenvalue weighted by atomic mass is 10.2. The predicted molar refractivity (Wildman–Crippen MR) is 62.8 cm³/mol. The normalized spacial score (nSPS) is 11.1. The first-order valence-electron chi connectivity index (χ1n) is 4.56. The van der Waals surface area contributed by atoms with E-state index in [2.05, 4.69) is 24.1 Å². The minimum atomic E-state index is 0.383. The van der Waals surface area contributed by atoms with Crippen LogP contribution in [0.2, 0.25) is 0 Å². The van der Waals surface area contributed by atoms with Gasteiger partial charge in [-0.15, -0.1) is 11.3 Å². The van der Waals surface area contributed by atoms with Crippen LogP contribution in [0.4, 0.5) is 11.4 Å². The lowest BCUT2D eigenvalue weighted by Gasteiger charge is -2.12. The highest BCUT2D eigenvalue weighted by Crippen LogP contribution is 2.30. The van der Waals surface area contributed by atoms with Crippen molar-refractivity contribution in [1.82, 2.24) is 4.98 Å². The number of thiazole rings is 1. The maximum atomic E-state index is 5.99. The maximum Gasteiger partial charge on any atom is 0.106 e. The van der Waals surface area contributed by atoms with E-state index in [0.717, 1.165) is 21.6 Å². The molecule has 3 nitrogen and oxygen atoms in total. The Morgan fingerprint density at radius 1 is 1.43 bits per heavy atom. The summed E-state index contributed by atoms with van der Waals surface area (Å²) in [6, 6.07) is 4.44. The molecule has 1 heterocycles. The van der Waals surface area contributed by atoms with Gasteiger partial charge in [-0.05, 0) is 26.0 Å². The summed E-state index contributed by atoms with van der Waals surface area (Å²) in [4.78, 5) is 4.24. The number of nitrogens with zero attached hydrogens (tertiary/aromatic N) is 1. The zero-order chi connectivity index (χ0) is 10.1. The summed E-state index contributed by atoms with van der Waals surface area (Å²) in [5, 5.41) is 3.29. The maximum absolute atomic E-state index is 5.99. The molecule has 0 saturated heterocycles. The van der Waals surface area contributed by atoms with Crippen molar-refractivity contribution in [3.8, 4) is 0 Å². The summed E-state index contributed by atoms with van der Waals surface area (Å²) in [7, 11) is 0. The summed E-state index contributed by atoms with van der Waals surface area (Å²) in [5.74, 6) is 0. The van der Waals surface area contributed by atoms with Gasteiger partial charge < -0.3 is 11.1 Å². The number of rotatable bonds is 2. The van der Waals surface area contributed by atoms with Crippen LogP contribution in [0.15, 0.2) is 17.6 Å². The predicted octanol–water partition coefficient (Wildman–Crippen LogP) is 2.70. The van der Waals surface area contributed by atoms with Crippen LogP contribution in [0.5, 0.6) is 0 Å². The summed E-state index contributed by atoms with van der Waals surface area (Å²) in [6.07, 6.45) is 0. The van der Waals surface area contributed by atoms with Gasteiger partial charge in [0, 0.05) is 6.04 Å². The van der Waals surface area contributed by atoms with Crippen LogP contribution in [0, 0.1) is 0 Å². The average molecular weight is 207 g/mol. The topological polar surface area (TPSA) is 50.9 Å². The summed E-state index contributed by atoms with van der Waals surface area (Å²) >= 11 is 1.61. The fourth-order valence-electron chi connectivity index (χ4n) is 1.39. The fourth-order valence-corrected chi connectivity index (χ4v) is 2.08. The second-order valence-electron chi connectivity index (χ2n) is 3.52. The molecule has 3 N–H and O–H groups in total. The molecule has 0 aliphatic rings. The SMILES string of the molecule is CC(C)Nc1ccc2scnc2c1N. The molecule has 1 aromatic heterocycles. The van der Waals surface area contributed by atoms with E-state index in [0.29, 0.717) is 6.04 Å². The smallest absolute Gasteiger partial charge is 0.106 e. The molecular weight excluding hydrogens is 194 g/mol. The minimum absolute atomic E-state index is 0.383. The molecule has 14 heavy (non-hydrogen) atoms. The van der Waals surface area contributed by atoms with Crippen LogP contribution in [0.25, 0.3) is 10.2 Å². The highest BCUT2D eigenvalue weighted by atomic mass is 32.1. The molecule has 0 spiro atoms. The molecule has 0 unspecified atom stereocenters. The molecule has 0 amide bonds. The molecule has 0 radical (unpaired) electrons. The number of nitrogens with two attached hydrogens (primary N) is 1. The van der Waals surface area contributed by atoms with E-state index in [-0.39, 0.29) is 0 Å².